The zero-order valence-corrected chi connectivity index (χ0v) is 9.86. The Morgan fingerprint density at radius 1 is 1.31 bits per heavy atom. The molecule has 0 saturated heterocycles. The van der Waals surface area contributed by atoms with E-state index in [1.54, 1.807) is 0 Å². The van der Waals surface area contributed by atoms with Gasteiger partial charge in [-0.05, 0) is 37.9 Å². The van der Waals surface area contributed by atoms with E-state index >= 15 is 0 Å². The molecule has 1 rings (SSSR count). The molecule has 0 aliphatic heterocycles. The highest BCUT2D eigenvalue weighted by molar-refractivity contribution is 5.42. The standard InChI is InChI=1S/C13H15N3/c1-13(2,3)9-8-11-6-4-5-7-12(11)10-15-16-14/h4-7H,10H2,1-3H3. The zero-order valence-electron chi connectivity index (χ0n) is 9.86. The average Bonchev–Trinajstić information content (AvgIpc) is 2.23. The van der Waals surface area contributed by atoms with E-state index in [9.17, 15) is 0 Å². The van der Waals surface area contributed by atoms with Gasteiger partial charge in [0.15, 0.2) is 0 Å². The molecule has 1 aromatic rings. The normalized spacial score (nSPS) is 9.94. The Morgan fingerprint density at radius 3 is 2.62 bits per heavy atom. The fourth-order valence-electron chi connectivity index (χ4n) is 1.14. The van der Waals surface area contributed by atoms with Crippen molar-refractivity contribution >= 4 is 0 Å². The predicted molar refractivity (Wildman–Crippen MR) is 65.6 cm³/mol. The van der Waals surface area contributed by atoms with Crippen LogP contribution in [0.2, 0.25) is 0 Å². The van der Waals surface area contributed by atoms with Crippen molar-refractivity contribution in [2.75, 3.05) is 0 Å². The molecule has 0 heterocycles. The van der Waals surface area contributed by atoms with Crippen LogP contribution in [0.4, 0.5) is 0 Å². The van der Waals surface area contributed by atoms with E-state index in [2.05, 4.69) is 42.6 Å². The van der Waals surface area contributed by atoms with Crippen molar-refractivity contribution in [2.24, 2.45) is 10.5 Å². The second-order valence-corrected chi connectivity index (χ2v) is 4.55. The summed E-state index contributed by atoms with van der Waals surface area (Å²) in [5, 5.41) is 3.56. The summed E-state index contributed by atoms with van der Waals surface area (Å²) in [5.74, 6) is 6.30. The van der Waals surface area contributed by atoms with E-state index in [1.807, 2.05) is 24.3 Å². The van der Waals surface area contributed by atoms with Gasteiger partial charge in [-0.2, -0.15) is 0 Å². The van der Waals surface area contributed by atoms with E-state index in [-0.39, 0.29) is 5.41 Å². The Balaban J connectivity index is 3.02. The molecule has 0 bridgehead atoms. The average molecular weight is 213 g/mol. The first-order valence-electron chi connectivity index (χ1n) is 5.15. The molecule has 3 nitrogen and oxygen atoms in total. The van der Waals surface area contributed by atoms with Gasteiger partial charge in [-0.3, -0.25) is 0 Å². The topological polar surface area (TPSA) is 48.8 Å². The van der Waals surface area contributed by atoms with Gasteiger partial charge in [0, 0.05) is 15.9 Å². The third-order valence-electron chi connectivity index (χ3n) is 1.89. The molecule has 0 fully saturated rings. The first kappa shape index (κ1) is 12.2. The first-order chi connectivity index (χ1) is 7.53. The van der Waals surface area contributed by atoms with Gasteiger partial charge in [-0.25, -0.2) is 0 Å². The summed E-state index contributed by atoms with van der Waals surface area (Å²) in [6.07, 6.45) is 0. The first-order valence-corrected chi connectivity index (χ1v) is 5.15. The Morgan fingerprint density at radius 2 is 2.00 bits per heavy atom. The van der Waals surface area contributed by atoms with Gasteiger partial charge < -0.3 is 0 Å². The molecule has 16 heavy (non-hydrogen) atoms. The lowest BCUT2D eigenvalue weighted by Crippen LogP contribution is -1.99. The van der Waals surface area contributed by atoms with Crippen LogP contribution in [0.5, 0.6) is 0 Å². The lowest BCUT2D eigenvalue weighted by molar-refractivity contribution is 0.571. The van der Waals surface area contributed by atoms with Crippen LogP contribution < -0.4 is 0 Å². The van der Waals surface area contributed by atoms with Crippen LogP contribution in [0.25, 0.3) is 10.4 Å². The number of benzene rings is 1. The van der Waals surface area contributed by atoms with E-state index in [0.29, 0.717) is 6.54 Å². The molecule has 0 saturated carbocycles. The number of hydrogen-bond acceptors (Lipinski definition) is 1. The van der Waals surface area contributed by atoms with Crippen molar-refractivity contribution < 1.29 is 0 Å². The second-order valence-electron chi connectivity index (χ2n) is 4.55. The lowest BCUT2D eigenvalue weighted by atomic mass is 9.97. The minimum atomic E-state index is -0.0222. The van der Waals surface area contributed by atoms with Crippen LogP contribution in [0, 0.1) is 17.3 Å². The fraction of sp³-hybridized carbons (Fsp3) is 0.385. The summed E-state index contributed by atoms with van der Waals surface area (Å²) in [6.45, 7) is 6.55. The molecule has 0 aliphatic carbocycles. The third kappa shape index (κ3) is 4.08. The molecular formula is C13H15N3. The van der Waals surface area contributed by atoms with Gasteiger partial charge in [0.2, 0.25) is 0 Å². The Kier molecular flexibility index (Phi) is 3.99. The second kappa shape index (κ2) is 5.25. The van der Waals surface area contributed by atoms with Gasteiger partial charge in [-0.1, -0.05) is 35.2 Å². The van der Waals surface area contributed by atoms with Crippen molar-refractivity contribution in [3.05, 3.63) is 45.8 Å². The van der Waals surface area contributed by atoms with Gasteiger partial charge in [0.05, 0.1) is 6.54 Å². The molecule has 0 N–H and O–H groups in total. The molecule has 0 aliphatic rings. The summed E-state index contributed by atoms with van der Waals surface area (Å²) < 4.78 is 0. The van der Waals surface area contributed by atoms with Crippen LogP contribution in [-0.2, 0) is 6.54 Å². The fourth-order valence-corrected chi connectivity index (χ4v) is 1.14. The predicted octanol–water partition coefficient (Wildman–Crippen LogP) is 3.89. The highest BCUT2D eigenvalue weighted by Crippen LogP contribution is 2.13. The molecule has 3 heteroatoms. The smallest absolute Gasteiger partial charge is 0.0523 e. The van der Waals surface area contributed by atoms with Crippen molar-refractivity contribution in [1.29, 1.82) is 0 Å². The van der Waals surface area contributed by atoms with Gasteiger partial charge in [-0.15, -0.1) is 0 Å². The molecule has 0 amide bonds. The van der Waals surface area contributed by atoms with E-state index in [4.69, 9.17) is 5.53 Å². The molecule has 1 aromatic carbocycles. The maximum atomic E-state index is 8.30. The molecular weight excluding hydrogens is 198 g/mol. The van der Waals surface area contributed by atoms with Gasteiger partial charge in [0.1, 0.15) is 0 Å². The summed E-state index contributed by atoms with van der Waals surface area (Å²) in [4.78, 5) is 2.76. The Labute approximate surface area is 96.1 Å². The van der Waals surface area contributed by atoms with Crippen molar-refractivity contribution in [2.45, 2.75) is 27.3 Å². The van der Waals surface area contributed by atoms with Crippen molar-refractivity contribution in [3.8, 4) is 11.8 Å². The highest BCUT2D eigenvalue weighted by atomic mass is 15.1. The largest absolute Gasteiger partial charge is 0.0919 e. The maximum absolute atomic E-state index is 8.30. The van der Waals surface area contributed by atoms with Gasteiger partial charge >= 0.3 is 0 Å². The number of hydrogen-bond donors (Lipinski definition) is 0. The van der Waals surface area contributed by atoms with Crippen LogP contribution >= 0.6 is 0 Å². The molecule has 82 valence electrons. The third-order valence-corrected chi connectivity index (χ3v) is 1.89. The van der Waals surface area contributed by atoms with Crippen LogP contribution in [-0.4, -0.2) is 0 Å². The van der Waals surface area contributed by atoms with E-state index in [0.717, 1.165) is 11.1 Å². The summed E-state index contributed by atoms with van der Waals surface area (Å²) in [5.41, 5.74) is 10.2. The highest BCUT2D eigenvalue weighted by Gasteiger charge is 2.04. The number of rotatable bonds is 2. The summed E-state index contributed by atoms with van der Waals surface area (Å²) in [6, 6.07) is 7.74. The molecule has 0 spiro atoms. The van der Waals surface area contributed by atoms with Crippen molar-refractivity contribution in [1.82, 2.24) is 0 Å². The Hall–Kier alpha value is -1.91. The summed E-state index contributed by atoms with van der Waals surface area (Å²) >= 11 is 0. The summed E-state index contributed by atoms with van der Waals surface area (Å²) in [7, 11) is 0. The molecule has 0 unspecified atom stereocenters. The van der Waals surface area contributed by atoms with Gasteiger partial charge in [0.25, 0.3) is 0 Å². The minimum Gasteiger partial charge on any atom is -0.0919 e. The van der Waals surface area contributed by atoms with E-state index in [1.165, 1.54) is 0 Å². The zero-order chi connectivity index (χ0) is 12.0. The Bertz CT molecular complexity index is 466. The van der Waals surface area contributed by atoms with Crippen LogP contribution in [0.15, 0.2) is 29.4 Å². The van der Waals surface area contributed by atoms with Crippen LogP contribution in [0.3, 0.4) is 0 Å². The van der Waals surface area contributed by atoms with Crippen molar-refractivity contribution in [3.63, 3.8) is 0 Å². The van der Waals surface area contributed by atoms with Crippen LogP contribution in [0.1, 0.15) is 31.9 Å². The van der Waals surface area contributed by atoms with E-state index < -0.39 is 0 Å². The quantitative estimate of drug-likeness (QED) is 0.310. The maximum Gasteiger partial charge on any atom is 0.0523 e. The number of nitrogens with zero attached hydrogens (tertiary/aromatic N) is 3. The minimum absolute atomic E-state index is 0.0222. The number of azide groups is 1. The molecule has 0 radical (unpaired) electrons. The molecule has 0 aromatic heterocycles. The lowest BCUT2D eigenvalue weighted by Gasteiger charge is -2.07. The molecule has 0 atom stereocenters. The SMILES string of the molecule is CC(C)(C)C#Cc1ccccc1CN=[N+]=[N-]. The monoisotopic (exact) mass is 213 g/mol.